The number of carbonyl (C=O) groups is 1. The van der Waals surface area contributed by atoms with Crippen molar-refractivity contribution >= 4 is 28.5 Å². The quantitative estimate of drug-likeness (QED) is 0.266. The molecule has 38 heavy (non-hydrogen) atoms. The van der Waals surface area contributed by atoms with Crippen molar-refractivity contribution in [3.05, 3.63) is 73.5 Å². The largest absolute Gasteiger partial charge is 0.481 e. The summed E-state index contributed by atoms with van der Waals surface area (Å²) in [5, 5.41) is 4.02. The number of halogens is 4. The van der Waals surface area contributed by atoms with Crippen LogP contribution in [-0.4, -0.2) is 33.5 Å². The highest BCUT2D eigenvalue weighted by Crippen LogP contribution is 2.40. The number of aryl methyl sites for hydroxylation is 1. The van der Waals surface area contributed by atoms with Crippen LogP contribution in [0.5, 0.6) is 5.75 Å². The third kappa shape index (κ3) is 4.88. The zero-order chi connectivity index (χ0) is 27.8. The number of carbonyl (C=O) groups excluding carboxylic acids is 1. The van der Waals surface area contributed by atoms with Crippen LogP contribution in [-0.2, 0) is 22.8 Å². The summed E-state index contributed by atoms with van der Waals surface area (Å²) in [7, 11) is 0.892. The molecule has 4 rings (SSSR count). The smallest absolute Gasteiger partial charge is 0.431 e. The maximum atomic E-state index is 13.3. The SMILES string of the molecule is C#CCOC(=O)COc1ccc(C)cc1-c1noc2ccc(-n3c(=O)cc(C(F)(F)F)n(C)c3=O)c(Cl)c12. The first-order chi connectivity index (χ1) is 17.9. The van der Waals surface area contributed by atoms with Crippen molar-refractivity contribution in [2.75, 3.05) is 13.2 Å². The summed E-state index contributed by atoms with van der Waals surface area (Å²) in [5.41, 5.74) is -2.66. The van der Waals surface area contributed by atoms with E-state index < -0.39 is 35.7 Å². The average Bonchev–Trinajstić information content (AvgIpc) is 3.29. The molecule has 196 valence electrons. The Morgan fingerprint density at radius 1 is 1.21 bits per heavy atom. The fourth-order valence-corrected chi connectivity index (χ4v) is 4.05. The Balaban J connectivity index is 1.87. The number of aromatic nitrogens is 3. The summed E-state index contributed by atoms with van der Waals surface area (Å²) in [6, 6.07) is 7.89. The summed E-state index contributed by atoms with van der Waals surface area (Å²) in [5.74, 6) is 1.66. The van der Waals surface area contributed by atoms with E-state index >= 15 is 0 Å². The minimum absolute atomic E-state index is 0.138. The summed E-state index contributed by atoms with van der Waals surface area (Å²) >= 11 is 6.61. The lowest BCUT2D eigenvalue weighted by Gasteiger charge is -2.15. The maximum Gasteiger partial charge on any atom is 0.431 e. The lowest BCUT2D eigenvalue weighted by Crippen LogP contribution is -2.40. The van der Waals surface area contributed by atoms with E-state index in [4.69, 9.17) is 32.0 Å². The van der Waals surface area contributed by atoms with Gasteiger partial charge in [0.05, 0.1) is 16.1 Å². The van der Waals surface area contributed by atoms with Crippen LogP contribution in [0.1, 0.15) is 11.3 Å². The van der Waals surface area contributed by atoms with Gasteiger partial charge in [0.2, 0.25) is 0 Å². The molecule has 0 saturated heterocycles. The molecule has 0 unspecified atom stereocenters. The molecule has 0 spiro atoms. The van der Waals surface area contributed by atoms with Crippen LogP contribution in [0.4, 0.5) is 13.2 Å². The summed E-state index contributed by atoms with van der Waals surface area (Å²) in [4.78, 5) is 37.3. The number of alkyl halides is 3. The number of hydrogen-bond donors (Lipinski definition) is 0. The second-order valence-corrected chi connectivity index (χ2v) is 8.38. The van der Waals surface area contributed by atoms with E-state index in [-0.39, 0.29) is 39.7 Å². The fraction of sp³-hybridized carbons (Fsp3) is 0.200. The number of ether oxygens (including phenoxy) is 2. The molecule has 0 aliphatic heterocycles. The molecule has 0 fully saturated rings. The molecule has 9 nitrogen and oxygen atoms in total. The van der Waals surface area contributed by atoms with Crippen molar-refractivity contribution in [2.45, 2.75) is 13.1 Å². The van der Waals surface area contributed by atoms with Crippen molar-refractivity contribution in [2.24, 2.45) is 7.05 Å². The van der Waals surface area contributed by atoms with E-state index in [1.54, 1.807) is 25.1 Å². The Bertz CT molecular complexity index is 1730. The second-order valence-electron chi connectivity index (χ2n) is 8.00. The minimum Gasteiger partial charge on any atom is -0.481 e. The first-order valence-electron chi connectivity index (χ1n) is 10.8. The first kappa shape index (κ1) is 26.6. The zero-order valence-corrected chi connectivity index (χ0v) is 20.5. The van der Waals surface area contributed by atoms with Crippen molar-refractivity contribution in [3.8, 4) is 35.0 Å². The summed E-state index contributed by atoms with van der Waals surface area (Å²) in [6.45, 7) is 1.09. The van der Waals surface area contributed by atoms with Gasteiger partial charge in [0, 0.05) is 18.7 Å². The third-order valence-electron chi connectivity index (χ3n) is 5.46. The fourth-order valence-electron chi connectivity index (χ4n) is 3.72. The Labute approximate surface area is 216 Å². The van der Waals surface area contributed by atoms with Gasteiger partial charge in [0.25, 0.3) is 5.56 Å². The number of terminal acetylenes is 1. The molecule has 0 amide bonds. The molecule has 0 saturated carbocycles. The van der Waals surface area contributed by atoms with Gasteiger partial charge in [-0.15, -0.1) is 6.42 Å². The van der Waals surface area contributed by atoms with Gasteiger partial charge in [-0.2, -0.15) is 13.2 Å². The van der Waals surface area contributed by atoms with Crippen LogP contribution in [0.3, 0.4) is 0 Å². The predicted molar refractivity (Wildman–Crippen MR) is 130 cm³/mol. The molecule has 2 heterocycles. The molecule has 4 aromatic rings. The van der Waals surface area contributed by atoms with Gasteiger partial charge in [-0.3, -0.25) is 9.36 Å². The van der Waals surface area contributed by atoms with E-state index in [0.717, 1.165) is 12.6 Å². The van der Waals surface area contributed by atoms with Gasteiger partial charge in [-0.05, 0) is 31.2 Å². The molecular formula is C25H17ClF3N3O6. The second kappa shape index (κ2) is 10.1. The normalized spacial score (nSPS) is 11.4. The predicted octanol–water partition coefficient (Wildman–Crippen LogP) is 3.88. The Morgan fingerprint density at radius 2 is 1.95 bits per heavy atom. The number of rotatable bonds is 6. The number of benzene rings is 2. The molecular weight excluding hydrogens is 531 g/mol. The molecule has 0 N–H and O–H groups in total. The van der Waals surface area contributed by atoms with Crippen LogP contribution in [0.2, 0.25) is 5.02 Å². The van der Waals surface area contributed by atoms with E-state index in [2.05, 4.69) is 11.1 Å². The number of fused-ring (bicyclic) bond motifs is 1. The van der Waals surface area contributed by atoms with E-state index in [1.807, 2.05) is 0 Å². The lowest BCUT2D eigenvalue weighted by atomic mass is 10.0. The molecule has 13 heteroatoms. The van der Waals surface area contributed by atoms with Crippen molar-refractivity contribution in [1.82, 2.24) is 14.3 Å². The summed E-state index contributed by atoms with van der Waals surface area (Å²) < 4.78 is 56.4. The van der Waals surface area contributed by atoms with Crippen LogP contribution < -0.4 is 16.0 Å². The van der Waals surface area contributed by atoms with E-state index in [1.165, 1.54) is 12.1 Å². The topological polar surface area (TPSA) is 106 Å². The molecule has 0 radical (unpaired) electrons. The monoisotopic (exact) mass is 547 g/mol. The highest BCUT2D eigenvalue weighted by atomic mass is 35.5. The Hall–Kier alpha value is -4.50. The first-order valence-corrected chi connectivity index (χ1v) is 11.1. The highest BCUT2D eigenvalue weighted by molar-refractivity contribution is 6.38. The minimum atomic E-state index is -4.92. The lowest BCUT2D eigenvalue weighted by molar-refractivity contribution is -0.145. The Morgan fingerprint density at radius 3 is 2.63 bits per heavy atom. The number of esters is 1. The average molecular weight is 548 g/mol. The highest BCUT2D eigenvalue weighted by Gasteiger charge is 2.35. The third-order valence-corrected chi connectivity index (χ3v) is 5.84. The molecule has 0 atom stereocenters. The number of nitrogens with zero attached hydrogens (tertiary/aromatic N) is 3. The van der Waals surface area contributed by atoms with E-state index in [9.17, 15) is 27.6 Å². The molecule has 0 bridgehead atoms. The van der Waals surface area contributed by atoms with Gasteiger partial charge in [0.15, 0.2) is 18.8 Å². The number of hydrogen-bond acceptors (Lipinski definition) is 7. The maximum absolute atomic E-state index is 13.3. The summed E-state index contributed by atoms with van der Waals surface area (Å²) in [6.07, 6.45) is 0.152. The van der Waals surface area contributed by atoms with Crippen LogP contribution in [0.15, 0.2) is 50.5 Å². The van der Waals surface area contributed by atoms with Gasteiger partial charge < -0.3 is 14.0 Å². The van der Waals surface area contributed by atoms with Crippen molar-refractivity contribution < 1.29 is 32.0 Å². The molecule has 2 aromatic carbocycles. The van der Waals surface area contributed by atoms with Crippen molar-refractivity contribution in [1.29, 1.82) is 0 Å². The van der Waals surface area contributed by atoms with Gasteiger partial charge in [-0.1, -0.05) is 34.3 Å². The van der Waals surface area contributed by atoms with Crippen LogP contribution in [0, 0.1) is 19.3 Å². The van der Waals surface area contributed by atoms with Crippen LogP contribution >= 0.6 is 11.6 Å². The zero-order valence-electron chi connectivity index (χ0n) is 19.8. The molecule has 0 aliphatic carbocycles. The molecule has 2 aromatic heterocycles. The van der Waals surface area contributed by atoms with Gasteiger partial charge in [0.1, 0.15) is 17.1 Å². The standard InChI is InChI=1S/C25H17ClF3N3O6/c1-4-9-36-20(34)12-37-16-7-5-13(2)10-14(16)23-21-17(38-30-23)8-6-15(22(21)26)32-19(33)11-18(25(27,28)29)31(3)24(32)35/h1,5-8,10-11H,9,12H2,2-3H3. The Kier molecular flexibility index (Phi) is 7.06. The van der Waals surface area contributed by atoms with E-state index in [0.29, 0.717) is 20.8 Å². The molecule has 0 aliphatic rings. The van der Waals surface area contributed by atoms with Crippen molar-refractivity contribution in [3.63, 3.8) is 0 Å². The van der Waals surface area contributed by atoms with Crippen LogP contribution in [0.25, 0.3) is 27.9 Å². The van der Waals surface area contributed by atoms with Gasteiger partial charge >= 0.3 is 17.8 Å². The van der Waals surface area contributed by atoms with Gasteiger partial charge in [-0.25, -0.2) is 14.2 Å².